The van der Waals surface area contributed by atoms with Crippen LogP contribution in [0.5, 0.6) is 5.75 Å². The Hall–Kier alpha value is -1.56. The van der Waals surface area contributed by atoms with Crippen molar-refractivity contribution < 1.29 is 48.6 Å². The van der Waals surface area contributed by atoms with Gasteiger partial charge in [0.1, 0.15) is 18.2 Å². The third-order valence-corrected chi connectivity index (χ3v) is 4.89. The second-order valence-corrected chi connectivity index (χ2v) is 6.97. The van der Waals surface area contributed by atoms with Crippen LogP contribution in [-0.2, 0) is 24.2 Å². The minimum Gasteiger partial charge on any atom is -0.550 e. The van der Waals surface area contributed by atoms with Gasteiger partial charge in [-0.3, -0.25) is 0 Å². The number of carbonyl (C=O) groups excluding carboxylic acids is 1. The maximum atomic E-state index is 14.1. The minimum atomic E-state index is -1.18. The zero-order valence-electron chi connectivity index (χ0n) is 16.7. The van der Waals surface area contributed by atoms with Crippen LogP contribution in [0.4, 0.5) is 10.1 Å². The summed E-state index contributed by atoms with van der Waals surface area (Å²) in [5.41, 5.74) is 4.07. The fourth-order valence-electron chi connectivity index (χ4n) is 3.51. The Kier molecular flexibility index (Phi) is 8.80. The maximum absolute atomic E-state index is 14.1. The number of ether oxygens (including phenoxy) is 1. The van der Waals surface area contributed by atoms with Gasteiger partial charge in [-0.15, -0.1) is 0 Å². The third kappa shape index (κ3) is 5.97. The number of benzene rings is 2. The largest absolute Gasteiger partial charge is 1.00 e. The van der Waals surface area contributed by atoms with E-state index in [0.29, 0.717) is 17.9 Å². The molecular formula is C22H25FNNaO3. The molecule has 0 aliphatic carbocycles. The van der Waals surface area contributed by atoms with Crippen molar-refractivity contribution in [1.29, 1.82) is 0 Å². The van der Waals surface area contributed by atoms with Gasteiger partial charge in [-0.05, 0) is 60.9 Å². The molecule has 3 rings (SSSR count). The second kappa shape index (κ2) is 10.8. The van der Waals surface area contributed by atoms with Crippen LogP contribution in [0.1, 0.15) is 42.9 Å². The van der Waals surface area contributed by atoms with E-state index in [1.807, 2.05) is 0 Å². The van der Waals surface area contributed by atoms with E-state index < -0.39 is 11.8 Å². The summed E-state index contributed by atoms with van der Waals surface area (Å²) in [5.74, 6) is -1.19. The molecular weight excluding hydrogens is 368 g/mol. The van der Waals surface area contributed by atoms with Crippen LogP contribution < -0.4 is 44.3 Å². The monoisotopic (exact) mass is 393 g/mol. The Labute approximate surface area is 188 Å². The first-order valence-corrected chi connectivity index (χ1v) is 9.54. The first kappa shape index (κ1) is 22.7. The van der Waals surface area contributed by atoms with Crippen molar-refractivity contribution in [2.24, 2.45) is 0 Å². The van der Waals surface area contributed by atoms with Gasteiger partial charge >= 0.3 is 29.6 Å². The molecule has 0 spiro atoms. The molecule has 4 nitrogen and oxygen atoms in total. The Morgan fingerprint density at radius 2 is 2.07 bits per heavy atom. The number of fused-ring (bicyclic) bond motifs is 1. The van der Waals surface area contributed by atoms with E-state index in [2.05, 4.69) is 30.0 Å². The third-order valence-electron chi connectivity index (χ3n) is 4.89. The number of aliphatic carboxylic acids is 1. The Morgan fingerprint density at radius 3 is 2.79 bits per heavy atom. The van der Waals surface area contributed by atoms with Crippen LogP contribution in [0.15, 0.2) is 36.4 Å². The summed E-state index contributed by atoms with van der Waals surface area (Å²) in [6, 6.07) is 11.0. The molecule has 6 heteroatoms. The van der Waals surface area contributed by atoms with Crippen LogP contribution in [0.25, 0.3) is 0 Å². The van der Waals surface area contributed by atoms with Gasteiger partial charge in [0.05, 0.1) is 0 Å². The average molecular weight is 393 g/mol. The Morgan fingerprint density at radius 1 is 1.25 bits per heavy atom. The molecule has 28 heavy (non-hydrogen) atoms. The van der Waals surface area contributed by atoms with Gasteiger partial charge in [-0.25, -0.2) is 4.39 Å². The van der Waals surface area contributed by atoms with Gasteiger partial charge in [0.2, 0.25) is 0 Å². The molecule has 0 saturated heterocycles. The Balaban J connectivity index is 0.00000280. The predicted octanol–water partition coefficient (Wildman–Crippen LogP) is 0.254. The average Bonchev–Trinajstić information content (AvgIpc) is 2.66. The molecule has 2 aromatic rings. The van der Waals surface area contributed by atoms with Crippen molar-refractivity contribution in [3.05, 3.63) is 58.9 Å². The SMILES string of the molecule is CCCN1CCCc2ccc(COc3ccc(CCC(=O)[O-])c(F)c3)cc21.[Na+]. The Bertz CT molecular complexity index is 812. The van der Waals surface area contributed by atoms with Gasteiger partial charge in [0.15, 0.2) is 0 Å². The van der Waals surface area contributed by atoms with Crippen molar-refractivity contribution in [2.45, 2.75) is 45.6 Å². The first-order valence-electron chi connectivity index (χ1n) is 9.54. The van der Waals surface area contributed by atoms with E-state index in [1.165, 1.54) is 23.7 Å². The molecule has 0 bridgehead atoms. The number of anilines is 1. The molecule has 0 atom stereocenters. The number of hydrogen-bond acceptors (Lipinski definition) is 4. The van der Waals surface area contributed by atoms with E-state index in [-0.39, 0.29) is 42.4 Å². The molecule has 1 aliphatic heterocycles. The number of hydrogen-bond donors (Lipinski definition) is 0. The van der Waals surface area contributed by atoms with Crippen molar-refractivity contribution >= 4 is 11.7 Å². The van der Waals surface area contributed by atoms with Crippen LogP contribution in [-0.4, -0.2) is 19.1 Å². The van der Waals surface area contributed by atoms with Crippen LogP contribution in [0, 0.1) is 5.82 Å². The standard InChI is InChI=1S/C22H26FNO3.Na/c1-2-11-24-12-3-4-18-6-5-16(13-21(18)24)15-27-19-9-7-17(20(23)14-19)8-10-22(25)26;/h5-7,9,13-14H,2-4,8,10-12,15H2,1H3,(H,25,26);/q;+1/p-1. The van der Waals surface area contributed by atoms with Gasteiger partial charge < -0.3 is 19.5 Å². The van der Waals surface area contributed by atoms with E-state index in [1.54, 1.807) is 12.1 Å². The van der Waals surface area contributed by atoms with E-state index in [9.17, 15) is 14.3 Å². The summed E-state index contributed by atoms with van der Waals surface area (Å²) in [6.07, 6.45) is 3.33. The smallest absolute Gasteiger partial charge is 0.550 e. The molecule has 0 unspecified atom stereocenters. The number of nitrogens with zero attached hydrogens (tertiary/aromatic N) is 1. The van der Waals surface area contributed by atoms with Gasteiger partial charge in [0, 0.05) is 30.8 Å². The molecule has 0 N–H and O–H groups in total. The predicted molar refractivity (Wildman–Crippen MR) is 101 cm³/mol. The summed E-state index contributed by atoms with van der Waals surface area (Å²) in [5, 5.41) is 10.5. The van der Waals surface area contributed by atoms with E-state index in [4.69, 9.17) is 4.74 Å². The normalized spacial score (nSPS) is 12.9. The van der Waals surface area contributed by atoms with Crippen molar-refractivity contribution in [1.82, 2.24) is 0 Å². The van der Waals surface area contributed by atoms with Crippen molar-refractivity contribution in [3.63, 3.8) is 0 Å². The fourth-order valence-corrected chi connectivity index (χ4v) is 3.51. The minimum absolute atomic E-state index is 0. The number of carboxylic acid groups (broad SMARTS) is 1. The topological polar surface area (TPSA) is 52.6 Å². The molecule has 1 heterocycles. The van der Waals surface area contributed by atoms with Crippen LogP contribution in [0.3, 0.4) is 0 Å². The van der Waals surface area contributed by atoms with Gasteiger partial charge in [-0.1, -0.05) is 25.1 Å². The summed E-state index contributed by atoms with van der Waals surface area (Å²) in [7, 11) is 0. The summed E-state index contributed by atoms with van der Waals surface area (Å²) in [4.78, 5) is 12.9. The molecule has 0 fully saturated rings. The first-order chi connectivity index (χ1) is 13.1. The molecule has 0 saturated carbocycles. The van der Waals surface area contributed by atoms with Crippen molar-refractivity contribution in [2.75, 3.05) is 18.0 Å². The number of carbonyl (C=O) groups is 1. The van der Waals surface area contributed by atoms with Gasteiger partial charge in [0.25, 0.3) is 0 Å². The molecule has 0 radical (unpaired) electrons. The number of halogens is 1. The summed E-state index contributed by atoms with van der Waals surface area (Å²) >= 11 is 0. The number of rotatable bonds is 8. The van der Waals surface area contributed by atoms with Crippen LogP contribution >= 0.6 is 0 Å². The second-order valence-electron chi connectivity index (χ2n) is 6.97. The molecule has 2 aromatic carbocycles. The van der Waals surface area contributed by atoms with Crippen molar-refractivity contribution in [3.8, 4) is 5.75 Å². The number of aryl methyl sites for hydroxylation is 2. The molecule has 144 valence electrons. The molecule has 0 amide bonds. The summed E-state index contributed by atoms with van der Waals surface area (Å²) < 4.78 is 19.8. The zero-order valence-corrected chi connectivity index (χ0v) is 18.7. The van der Waals surface area contributed by atoms with E-state index in [0.717, 1.165) is 31.5 Å². The quantitative estimate of drug-likeness (QED) is 0.604. The fraction of sp³-hybridized carbons (Fsp3) is 0.409. The summed E-state index contributed by atoms with van der Waals surface area (Å²) in [6.45, 7) is 4.69. The van der Waals surface area contributed by atoms with Crippen LogP contribution in [0.2, 0.25) is 0 Å². The zero-order chi connectivity index (χ0) is 19.2. The van der Waals surface area contributed by atoms with E-state index >= 15 is 0 Å². The maximum Gasteiger partial charge on any atom is 1.00 e. The number of carboxylic acids is 1. The molecule has 0 aromatic heterocycles. The van der Waals surface area contributed by atoms with Gasteiger partial charge in [-0.2, -0.15) is 0 Å². The molecule has 1 aliphatic rings.